The number of hydrogen-bond donors (Lipinski definition) is 2. The fourth-order valence-electron chi connectivity index (χ4n) is 1.47. The average Bonchev–Trinajstić information content (AvgIpc) is 2.81. The summed E-state index contributed by atoms with van der Waals surface area (Å²) in [4.78, 5) is 17.1. The van der Waals surface area contributed by atoms with Crippen LogP contribution in [-0.4, -0.2) is 17.9 Å². The van der Waals surface area contributed by atoms with Gasteiger partial charge in [0.2, 0.25) is 0 Å². The molecule has 1 amide bonds. The Labute approximate surface area is 128 Å². The van der Waals surface area contributed by atoms with Gasteiger partial charge in [0.05, 0.1) is 10.3 Å². The Kier molecular flexibility index (Phi) is 4.79. The minimum Gasteiger partial charge on any atom is -0.373 e. The minimum atomic E-state index is -0.176. The van der Waals surface area contributed by atoms with Crippen molar-refractivity contribution in [3.05, 3.63) is 43.6 Å². The Morgan fingerprint density at radius 2 is 2.26 bits per heavy atom. The number of hydrogen-bond acceptors (Lipinski definition) is 4. The first-order valence-electron chi connectivity index (χ1n) is 5.46. The number of nitrogens with zero attached hydrogens (tertiary/aromatic N) is 1. The third kappa shape index (κ3) is 3.92. The van der Waals surface area contributed by atoms with Gasteiger partial charge in [0.1, 0.15) is 11.0 Å². The molecule has 19 heavy (non-hydrogen) atoms. The fraction of sp³-hybridized carbons (Fsp3) is 0.167. The molecule has 0 aromatic carbocycles. The predicted octanol–water partition coefficient (Wildman–Crippen LogP) is 3.53. The predicted molar refractivity (Wildman–Crippen MR) is 82.0 cm³/mol. The van der Waals surface area contributed by atoms with E-state index in [9.17, 15) is 4.79 Å². The van der Waals surface area contributed by atoms with Gasteiger partial charge in [0, 0.05) is 17.5 Å². The van der Waals surface area contributed by atoms with Gasteiger partial charge in [-0.1, -0.05) is 11.6 Å². The van der Waals surface area contributed by atoms with E-state index in [1.165, 1.54) is 0 Å². The molecular weight excluding hydrogens is 350 g/mol. The van der Waals surface area contributed by atoms with E-state index in [1.54, 1.807) is 30.5 Å². The maximum atomic E-state index is 12.0. The van der Waals surface area contributed by atoms with Gasteiger partial charge in [-0.3, -0.25) is 4.79 Å². The Morgan fingerprint density at radius 3 is 2.89 bits per heavy atom. The maximum absolute atomic E-state index is 12.0. The molecule has 0 saturated heterocycles. The summed E-state index contributed by atoms with van der Waals surface area (Å²) in [6.07, 6.45) is 0. The van der Waals surface area contributed by atoms with Crippen molar-refractivity contribution in [3.63, 3.8) is 0 Å². The number of amides is 1. The highest BCUT2D eigenvalue weighted by Crippen LogP contribution is 2.22. The lowest BCUT2D eigenvalue weighted by Crippen LogP contribution is -2.22. The molecule has 2 aromatic rings. The summed E-state index contributed by atoms with van der Waals surface area (Å²) in [5, 5.41) is 5.99. The number of halogens is 2. The quantitative estimate of drug-likeness (QED) is 0.820. The van der Waals surface area contributed by atoms with Crippen molar-refractivity contribution >= 4 is 50.6 Å². The lowest BCUT2D eigenvalue weighted by molar-refractivity contribution is 0.0951. The van der Waals surface area contributed by atoms with Gasteiger partial charge in [-0.2, -0.15) is 0 Å². The Morgan fingerprint density at radius 1 is 1.47 bits per heavy atom. The second-order valence-corrected chi connectivity index (χ2v) is 6.64. The van der Waals surface area contributed by atoms with Crippen LogP contribution in [0.25, 0.3) is 0 Å². The van der Waals surface area contributed by atoms with E-state index in [1.807, 2.05) is 12.1 Å². The third-order valence-corrected chi connectivity index (χ3v) is 4.18. The molecule has 0 spiro atoms. The first-order valence-corrected chi connectivity index (χ1v) is 7.45. The van der Waals surface area contributed by atoms with Crippen LogP contribution in [0.1, 0.15) is 15.2 Å². The van der Waals surface area contributed by atoms with Gasteiger partial charge in [0.25, 0.3) is 5.91 Å². The number of nitrogens with one attached hydrogen (secondary N) is 2. The lowest BCUT2D eigenvalue weighted by Gasteiger charge is -2.06. The molecule has 0 unspecified atom stereocenters. The molecule has 7 heteroatoms. The van der Waals surface area contributed by atoms with Crippen molar-refractivity contribution in [3.8, 4) is 0 Å². The van der Waals surface area contributed by atoms with Crippen LogP contribution in [-0.2, 0) is 6.54 Å². The normalized spacial score (nSPS) is 10.3. The molecule has 0 atom stereocenters. The maximum Gasteiger partial charge on any atom is 0.251 e. The summed E-state index contributed by atoms with van der Waals surface area (Å²) in [5.74, 6) is 0.391. The standard InChI is InChI=1S/C12H11BrClN3OS/c1-15-11-5-7(4-10(14)17-11)12(18)16-6-8-2-3-9(13)19-8/h2-5H,6H2,1H3,(H,15,17)(H,16,18). The molecule has 2 N–H and O–H groups in total. The molecule has 0 radical (unpaired) electrons. The van der Waals surface area contributed by atoms with Crippen LogP contribution in [0.3, 0.4) is 0 Å². The number of aromatic nitrogens is 1. The van der Waals surface area contributed by atoms with Crippen molar-refractivity contribution in [2.24, 2.45) is 0 Å². The summed E-state index contributed by atoms with van der Waals surface area (Å²) in [5.41, 5.74) is 0.486. The van der Waals surface area contributed by atoms with E-state index in [0.717, 1.165) is 8.66 Å². The zero-order valence-electron chi connectivity index (χ0n) is 10.0. The van der Waals surface area contributed by atoms with E-state index in [4.69, 9.17) is 11.6 Å². The summed E-state index contributed by atoms with van der Waals surface area (Å²) in [7, 11) is 1.73. The summed E-state index contributed by atoms with van der Waals surface area (Å²) in [6, 6.07) is 7.12. The van der Waals surface area contributed by atoms with Crippen LogP contribution in [0.4, 0.5) is 5.82 Å². The number of anilines is 1. The molecule has 0 aliphatic rings. The third-order valence-electron chi connectivity index (χ3n) is 2.36. The van der Waals surface area contributed by atoms with Crippen LogP contribution in [0, 0.1) is 0 Å². The van der Waals surface area contributed by atoms with Crippen LogP contribution in [0.5, 0.6) is 0 Å². The SMILES string of the molecule is CNc1cc(C(=O)NCc2ccc(Br)s2)cc(Cl)n1. The molecule has 2 heterocycles. The topological polar surface area (TPSA) is 54.0 Å². The first kappa shape index (κ1) is 14.3. The Bertz CT molecular complexity index is 602. The average molecular weight is 361 g/mol. The van der Waals surface area contributed by atoms with Gasteiger partial charge in [-0.25, -0.2) is 4.98 Å². The fourth-order valence-corrected chi connectivity index (χ4v) is 3.10. The van der Waals surface area contributed by atoms with E-state index in [0.29, 0.717) is 17.9 Å². The highest BCUT2D eigenvalue weighted by atomic mass is 79.9. The van der Waals surface area contributed by atoms with E-state index < -0.39 is 0 Å². The number of rotatable bonds is 4. The van der Waals surface area contributed by atoms with Gasteiger partial charge in [-0.05, 0) is 40.2 Å². The highest BCUT2D eigenvalue weighted by Gasteiger charge is 2.09. The summed E-state index contributed by atoms with van der Waals surface area (Å²) < 4.78 is 1.04. The first-order chi connectivity index (χ1) is 9.08. The summed E-state index contributed by atoms with van der Waals surface area (Å²) in [6.45, 7) is 0.490. The van der Waals surface area contributed by atoms with E-state index in [2.05, 4.69) is 31.5 Å². The second kappa shape index (κ2) is 6.36. The lowest BCUT2D eigenvalue weighted by atomic mass is 10.2. The van der Waals surface area contributed by atoms with E-state index >= 15 is 0 Å². The molecule has 100 valence electrons. The number of pyridine rings is 1. The van der Waals surface area contributed by atoms with Crippen LogP contribution in [0.2, 0.25) is 5.15 Å². The van der Waals surface area contributed by atoms with Gasteiger partial charge in [-0.15, -0.1) is 11.3 Å². The second-order valence-electron chi connectivity index (χ2n) is 3.70. The molecule has 2 rings (SSSR count). The molecule has 0 fully saturated rings. The number of carbonyl (C=O) groups is 1. The van der Waals surface area contributed by atoms with Crippen molar-refractivity contribution in [1.29, 1.82) is 0 Å². The van der Waals surface area contributed by atoms with Crippen LogP contribution < -0.4 is 10.6 Å². The monoisotopic (exact) mass is 359 g/mol. The minimum absolute atomic E-state index is 0.176. The van der Waals surface area contributed by atoms with Crippen LogP contribution >= 0.6 is 38.9 Å². The van der Waals surface area contributed by atoms with Crippen molar-refractivity contribution in [2.75, 3.05) is 12.4 Å². The van der Waals surface area contributed by atoms with Crippen molar-refractivity contribution < 1.29 is 4.79 Å². The molecule has 0 saturated carbocycles. The molecule has 4 nitrogen and oxygen atoms in total. The molecular formula is C12H11BrClN3OS. The van der Waals surface area contributed by atoms with Crippen molar-refractivity contribution in [1.82, 2.24) is 10.3 Å². The Balaban J connectivity index is 2.05. The molecule has 0 aliphatic carbocycles. The zero-order valence-corrected chi connectivity index (χ0v) is 13.2. The van der Waals surface area contributed by atoms with Gasteiger partial charge < -0.3 is 10.6 Å². The zero-order chi connectivity index (χ0) is 13.8. The number of carbonyl (C=O) groups excluding carboxylic acids is 1. The van der Waals surface area contributed by atoms with E-state index in [-0.39, 0.29) is 11.1 Å². The number of thiophene rings is 1. The molecule has 0 bridgehead atoms. The Hall–Kier alpha value is -1.11. The largest absolute Gasteiger partial charge is 0.373 e. The smallest absolute Gasteiger partial charge is 0.251 e. The molecule has 0 aliphatic heterocycles. The van der Waals surface area contributed by atoms with Crippen molar-refractivity contribution in [2.45, 2.75) is 6.54 Å². The highest BCUT2D eigenvalue weighted by molar-refractivity contribution is 9.11. The van der Waals surface area contributed by atoms with Crippen LogP contribution in [0.15, 0.2) is 28.1 Å². The van der Waals surface area contributed by atoms with Gasteiger partial charge >= 0.3 is 0 Å². The van der Waals surface area contributed by atoms with Gasteiger partial charge in [0.15, 0.2) is 0 Å². The summed E-state index contributed by atoms with van der Waals surface area (Å²) >= 11 is 10.8. The molecule has 2 aromatic heterocycles.